The normalized spacial score (nSPS) is 12.1. The first-order chi connectivity index (χ1) is 7.09. The van der Waals surface area contributed by atoms with E-state index in [1.807, 2.05) is 0 Å². The molecule has 1 amide bonds. The number of aliphatic carboxylic acids is 1. The van der Waals surface area contributed by atoms with Gasteiger partial charge < -0.3 is 10.4 Å². The summed E-state index contributed by atoms with van der Waals surface area (Å²) in [5.74, 6) is -1.37. The van der Waals surface area contributed by atoms with Crippen molar-refractivity contribution in [3.8, 4) is 0 Å². The highest BCUT2D eigenvalue weighted by Crippen LogP contribution is 1.89. The third-order valence-electron chi connectivity index (χ3n) is 1.79. The molecular formula is C8H12N4O3. The Hall–Kier alpha value is -1.92. The van der Waals surface area contributed by atoms with Gasteiger partial charge in [-0.05, 0) is 6.92 Å². The number of nitrogens with one attached hydrogen (secondary N) is 1. The number of amides is 1. The van der Waals surface area contributed by atoms with Crippen LogP contribution < -0.4 is 5.32 Å². The molecule has 82 valence electrons. The lowest BCUT2D eigenvalue weighted by Crippen LogP contribution is -2.38. The van der Waals surface area contributed by atoms with E-state index in [1.54, 1.807) is 6.20 Å². The number of carbonyl (C=O) groups excluding carboxylic acids is 1. The molecule has 0 saturated heterocycles. The molecule has 0 aliphatic rings. The van der Waals surface area contributed by atoms with Gasteiger partial charge in [-0.3, -0.25) is 14.3 Å². The van der Waals surface area contributed by atoms with Gasteiger partial charge in [-0.1, -0.05) is 5.21 Å². The molecule has 1 rings (SSSR count). The molecule has 0 saturated carbocycles. The molecule has 2 N–H and O–H groups in total. The molecule has 15 heavy (non-hydrogen) atoms. The number of carboxylic acid groups (broad SMARTS) is 1. The van der Waals surface area contributed by atoms with Crippen LogP contribution in [-0.2, 0) is 16.1 Å². The molecule has 1 heterocycles. The Balaban J connectivity index is 2.28. The largest absolute Gasteiger partial charge is 0.480 e. The van der Waals surface area contributed by atoms with Crippen molar-refractivity contribution in [2.24, 2.45) is 0 Å². The fourth-order valence-electron chi connectivity index (χ4n) is 0.943. The lowest BCUT2D eigenvalue weighted by molar-refractivity contribution is -0.141. The zero-order valence-electron chi connectivity index (χ0n) is 8.25. The first-order valence-electron chi connectivity index (χ1n) is 4.46. The quantitative estimate of drug-likeness (QED) is 0.669. The summed E-state index contributed by atoms with van der Waals surface area (Å²) in [6.45, 7) is 1.80. The summed E-state index contributed by atoms with van der Waals surface area (Å²) in [6, 6.07) is -0.867. The molecule has 1 aromatic heterocycles. The van der Waals surface area contributed by atoms with Gasteiger partial charge in [0.15, 0.2) is 0 Å². The zero-order valence-corrected chi connectivity index (χ0v) is 8.25. The fourth-order valence-corrected chi connectivity index (χ4v) is 0.943. The van der Waals surface area contributed by atoms with E-state index in [2.05, 4.69) is 15.6 Å². The number of carboxylic acids is 1. The molecule has 1 atom stereocenters. The third kappa shape index (κ3) is 3.75. The van der Waals surface area contributed by atoms with Crippen LogP contribution in [0.2, 0.25) is 0 Å². The Morgan fingerprint density at radius 1 is 1.60 bits per heavy atom. The number of nitrogens with zero attached hydrogens (tertiary/aromatic N) is 3. The van der Waals surface area contributed by atoms with E-state index in [0.29, 0.717) is 6.54 Å². The molecule has 7 heteroatoms. The number of hydrogen-bond donors (Lipinski definition) is 2. The van der Waals surface area contributed by atoms with Crippen molar-refractivity contribution in [2.75, 3.05) is 0 Å². The highest BCUT2D eigenvalue weighted by atomic mass is 16.4. The van der Waals surface area contributed by atoms with Crippen LogP contribution in [-0.4, -0.2) is 38.0 Å². The van der Waals surface area contributed by atoms with Crippen molar-refractivity contribution in [3.63, 3.8) is 0 Å². The number of aryl methyl sites for hydroxylation is 1. The first-order valence-corrected chi connectivity index (χ1v) is 4.46. The van der Waals surface area contributed by atoms with E-state index in [0.717, 1.165) is 0 Å². The summed E-state index contributed by atoms with van der Waals surface area (Å²) in [5.41, 5.74) is 0. The molecule has 7 nitrogen and oxygen atoms in total. The van der Waals surface area contributed by atoms with E-state index in [-0.39, 0.29) is 12.3 Å². The minimum Gasteiger partial charge on any atom is -0.480 e. The first kappa shape index (κ1) is 11.2. The maximum absolute atomic E-state index is 11.2. The summed E-state index contributed by atoms with van der Waals surface area (Å²) in [7, 11) is 0. The monoisotopic (exact) mass is 212 g/mol. The van der Waals surface area contributed by atoms with Gasteiger partial charge >= 0.3 is 5.97 Å². The van der Waals surface area contributed by atoms with Gasteiger partial charge in [0, 0.05) is 12.6 Å². The van der Waals surface area contributed by atoms with Gasteiger partial charge in [0.1, 0.15) is 6.04 Å². The second kappa shape index (κ2) is 5.08. The van der Waals surface area contributed by atoms with Crippen molar-refractivity contribution in [2.45, 2.75) is 25.9 Å². The van der Waals surface area contributed by atoms with Gasteiger partial charge in [-0.2, -0.15) is 0 Å². The Kier molecular flexibility index (Phi) is 3.78. The number of aromatic nitrogens is 3. The SMILES string of the molecule is C[C@H](NC(=O)CCn1ccnn1)C(=O)O. The second-order valence-electron chi connectivity index (χ2n) is 3.04. The highest BCUT2D eigenvalue weighted by Gasteiger charge is 2.13. The van der Waals surface area contributed by atoms with Crippen molar-refractivity contribution in [1.29, 1.82) is 0 Å². The topological polar surface area (TPSA) is 97.1 Å². The van der Waals surface area contributed by atoms with Gasteiger partial charge in [-0.25, -0.2) is 0 Å². The number of carbonyl (C=O) groups is 2. The molecule has 0 radical (unpaired) electrons. The van der Waals surface area contributed by atoms with Crippen LogP contribution in [0.1, 0.15) is 13.3 Å². The van der Waals surface area contributed by atoms with Crippen LogP contribution in [0.25, 0.3) is 0 Å². The predicted octanol–water partition coefficient (Wildman–Crippen LogP) is -0.743. The van der Waals surface area contributed by atoms with Gasteiger partial charge in [0.2, 0.25) is 5.91 Å². The zero-order chi connectivity index (χ0) is 11.3. The maximum atomic E-state index is 11.2. The van der Waals surface area contributed by atoms with E-state index >= 15 is 0 Å². The lowest BCUT2D eigenvalue weighted by Gasteiger charge is -2.08. The summed E-state index contributed by atoms with van der Waals surface area (Å²) in [6.07, 6.45) is 3.33. The molecular weight excluding hydrogens is 200 g/mol. The molecule has 1 aromatic rings. The van der Waals surface area contributed by atoms with Gasteiger partial charge in [-0.15, -0.1) is 5.10 Å². The van der Waals surface area contributed by atoms with Crippen molar-refractivity contribution >= 4 is 11.9 Å². The predicted molar refractivity (Wildman–Crippen MR) is 49.9 cm³/mol. The fraction of sp³-hybridized carbons (Fsp3) is 0.500. The van der Waals surface area contributed by atoms with Crippen molar-refractivity contribution in [3.05, 3.63) is 12.4 Å². The van der Waals surface area contributed by atoms with Crippen LogP contribution in [0.3, 0.4) is 0 Å². The third-order valence-corrected chi connectivity index (χ3v) is 1.79. The molecule has 0 fully saturated rings. The summed E-state index contributed by atoms with van der Waals surface area (Å²) in [4.78, 5) is 21.6. The molecule has 0 spiro atoms. The van der Waals surface area contributed by atoms with Crippen LogP contribution in [0.4, 0.5) is 0 Å². The average molecular weight is 212 g/mol. The van der Waals surface area contributed by atoms with Crippen LogP contribution >= 0.6 is 0 Å². The summed E-state index contributed by atoms with van der Waals surface area (Å²) in [5, 5.41) is 18.1. The Morgan fingerprint density at radius 2 is 2.33 bits per heavy atom. The van der Waals surface area contributed by atoms with Crippen LogP contribution in [0.5, 0.6) is 0 Å². The average Bonchev–Trinajstić information content (AvgIpc) is 2.66. The van der Waals surface area contributed by atoms with Crippen LogP contribution in [0, 0.1) is 0 Å². The molecule has 0 aliphatic heterocycles. The Bertz CT molecular complexity index is 336. The van der Waals surface area contributed by atoms with E-state index < -0.39 is 12.0 Å². The highest BCUT2D eigenvalue weighted by molar-refractivity contribution is 5.83. The van der Waals surface area contributed by atoms with Crippen LogP contribution in [0.15, 0.2) is 12.4 Å². The second-order valence-corrected chi connectivity index (χ2v) is 3.04. The van der Waals surface area contributed by atoms with Gasteiger partial charge in [0.05, 0.1) is 12.7 Å². The van der Waals surface area contributed by atoms with Gasteiger partial charge in [0.25, 0.3) is 0 Å². The summed E-state index contributed by atoms with van der Waals surface area (Å²) >= 11 is 0. The standard InChI is InChI=1S/C8H12N4O3/c1-6(8(14)15)10-7(13)2-4-12-5-3-9-11-12/h3,5-6H,2,4H2,1H3,(H,10,13)(H,14,15)/t6-/m0/s1. The minimum absolute atomic E-state index is 0.182. The molecule has 0 aliphatic carbocycles. The number of rotatable bonds is 5. The summed E-state index contributed by atoms with van der Waals surface area (Å²) < 4.78 is 1.50. The maximum Gasteiger partial charge on any atom is 0.325 e. The van der Waals surface area contributed by atoms with E-state index in [1.165, 1.54) is 17.8 Å². The molecule has 0 bridgehead atoms. The minimum atomic E-state index is -1.05. The Morgan fingerprint density at radius 3 is 2.87 bits per heavy atom. The lowest BCUT2D eigenvalue weighted by atomic mass is 10.3. The smallest absolute Gasteiger partial charge is 0.325 e. The number of hydrogen-bond acceptors (Lipinski definition) is 4. The molecule has 0 unspecified atom stereocenters. The van der Waals surface area contributed by atoms with E-state index in [9.17, 15) is 9.59 Å². The van der Waals surface area contributed by atoms with Crippen molar-refractivity contribution < 1.29 is 14.7 Å². The molecule has 0 aromatic carbocycles. The Labute approximate surface area is 86.1 Å². The van der Waals surface area contributed by atoms with E-state index in [4.69, 9.17) is 5.11 Å². The van der Waals surface area contributed by atoms with Crippen molar-refractivity contribution in [1.82, 2.24) is 20.3 Å².